The summed E-state index contributed by atoms with van der Waals surface area (Å²) < 4.78 is 4.91. The first-order valence-corrected chi connectivity index (χ1v) is 7.33. The minimum absolute atomic E-state index is 0.347. The molecule has 0 bridgehead atoms. The van der Waals surface area contributed by atoms with Gasteiger partial charge in [0.2, 0.25) is 0 Å². The van der Waals surface area contributed by atoms with Gasteiger partial charge in [-0.25, -0.2) is 14.8 Å². The zero-order valence-electron chi connectivity index (χ0n) is 12.5. The number of benzene rings is 1. The molecule has 0 aliphatic rings. The average molecular weight is 284 g/mol. The number of aryl methyl sites for hydroxylation is 1. The molecule has 4 nitrogen and oxygen atoms in total. The Morgan fingerprint density at radius 2 is 1.76 bits per heavy atom. The lowest BCUT2D eigenvalue weighted by atomic mass is 10.1. The third-order valence-electron chi connectivity index (χ3n) is 3.19. The van der Waals surface area contributed by atoms with Crippen LogP contribution in [0.15, 0.2) is 36.7 Å². The number of hydrogen-bond donors (Lipinski definition) is 0. The predicted molar refractivity (Wildman–Crippen MR) is 82.0 cm³/mol. The molecule has 0 atom stereocenters. The molecule has 0 spiro atoms. The van der Waals surface area contributed by atoms with Gasteiger partial charge in [0.1, 0.15) is 0 Å². The molecule has 0 aliphatic carbocycles. The van der Waals surface area contributed by atoms with Crippen LogP contribution in [0.5, 0.6) is 0 Å². The van der Waals surface area contributed by atoms with Crippen molar-refractivity contribution >= 4 is 5.97 Å². The van der Waals surface area contributed by atoms with Crippen LogP contribution in [0.1, 0.15) is 42.6 Å². The molecule has 1 aromatic carbocycles. The highest BCUT2D eigenvalue weighted by Gasteiger charge is 2.08. The van der Waals surface area contributed by atoms with Gasteiger partial charge in [-0.15, -0.1) is 0 Å². The minimum Gasteiger partial charge on any atom is -0.462 e. The molecule has 110 valence electrons. The van der Waals surface area contributed by atoms with Crippen molar-refractivity contribution in [3.63, 3.8) is 0 Å². The van der Waals surface area contributed by atoms with Gasteiger partial charge >= 0.3 is 5.97 Å². The van der Waals surface area contributed by atoms with Gasteiger partial charge in [0, 0.05) is 18.0 Å². The molecule has 0 N–H and O–H groups in total. The smallest absolute Gasteiger partial charge is 0.341 e. The third-order valence-corrected chi connectivity index (χ3v) is 3.19. The molecule has 0 amide bonds. The number of unbranched alkanes of at least 4 members (excludes halogenated alkanes) is 1. The van der Waals surface area contributed by atoms with Gasteiger partial charge < -0.3 is 4.74 Å². The summed E-state index contributed by atoms with van der Waals surface area (Å²) in [5.41, 5.74) is 2.65. The van der Waals surface area contributed by atoms with Crippen molar-refractivity contribution in [1.82, 2.24) is 9.97 Å². The van der Waals surface area contributed by atoms with E-state index >= 15 is 0 Å². The van der Waals surface area contributed by atoms with Crippen LogP contribution in [0, 0.1) is 0 Å². The van der Waals surface area contributed by atoms with E-state index in [1.165, 1.54) is 30.8 Å². The zero-order chi connectivity index (χ0) is 15.1. The van der Waals surface area contributed by atoms with E-state index in [4.69, 9.17) is 4.74 Å². The molecule has 0 unspecified atom stereocenters. The summed E-state index contributed by atoms with van der Waals surface area (Å²) in [6.45, 7) is 4.31. The van der Waals surface area contributed by atoms with E-state index in [0.717, 1.165) is 12.0 Å². The highest BCUT2D eigenvalue weighted by atomic mass is 16.5. The first kappa shape index (κ1) is 15.2. The summed E-state index contributed by atoms with van der Waals surface area (Å²) in [6, 6.07) is 8.25. The maximum Gasteiger partial charge on any atom is 0.341 e. The van der Waals surface area contributed by atoms with E-state index in [-0.39, 0.29) is 5.97 Å². The molecular formula is C17H20N2O2. The highest BCUT2D eigenvalue weighted by Crippen LogP contribution is 2.16. The molecule has 0 saturated carbocycles. The SMILES string of the molecule is CCCCc1ccc(-c2ncc(C(=O)OCC)cn2)cc1. The molecule has 21 heavy (non-hydrogen) atoms. The molecule has 0 radical (unpaired) electrons. The van der Waals surface area contributed by atoms with Crippen molar-refractivity contribution in [2.24, 2.45) is 0 Å². The van der Waals surface area contributed by atoms with Gasteiger partial charge in [-0.1, -0.05) is 37.6 Å². The number of carbonyl (C=O) groups excluding carboxylic acids is 1. The number of aromatic nitrogens is 2. The Morgan fingerprint density at radius 3 is 2.33 bits per heavy atom. The van der Waals surface area contributed by atoms with E-state index in [1.807, 2.05) is 12.1 Å². The Bertz CT molecular complexity index is 577. The monoisotopic (exact) mass is 284 g/mol. The van der Waals surface area contributed by atoms with Crippen LogP contribution < -0.4 is 0 Å². The lowest BCUT2D eigenvalue weighted by Crippen LogP contribution is -2.06. The topological polar surface area (TPSA) is 52.1 Å². The molecule has 0 fully saturated rings. The summed E-state index contributed by atoms with van der Waals surface area (Å²) in [5.74, 6) is 0.226. The summed E-state index contributed by atoms with van der Waals surface area (Å²) in [6.07, 6.45) is 6.50. The lowest BCUT2D eigenvalue weighted by Gasteiger charge is -2.04. The van der Waals surface area contributed by atoms with E-state index in [0.29, 0.717) is 18.0 Å². The number of rotatable bonds is 6. The Morgan fingerprint density at radius 1 is 1.10 bits per heavy atom. The van der Waals surface area contributed by atoms with Gasteiger partial charge in [0.15, 0.2) is 5.82 Å². The molecule has 0 aliphatic heterocycles. The van der Waals surface area contributed by atoms with Crippen LogP contribution in [0.3, 0.4) is 0 Å². The first-order chi connectivity index (χ1) is 10.2. The molecular weight excluding hydrogens is 264 g/mol. The lowest BCUT2D eigenvalue weighted by molar-refractivity contribution is 0.0525. The van der Waals surface area contributed by atoms with E-state index in [2.05, 4.69) is 29.0 Å². The number of ether oxygens (including phenoxy) is 1. The number of hydrogen-bond acceptors (Lipinski definition) is 4. The predicted octanol–water partition coefficient (Wildman–Crippen LogP) is 3.66. The second kappa shape index (κ2) is 7.53. The maximum atomic E-state index is 11.5. The summed E-state index contributed by atoms with van der Waals surface area (Å²) in [4.78, 5) is 20.0. The fraction of sp³-hybridized carbons (Fsp3) is 0.353. The van der Waals surface area contributed by atoms with Crippen molar-refractivity contribution in [1.29, 1.82) is 0 Å². The largest absolute Gasteiger partial charge is 0.462 e. The minimum atomic E-state index is -0.390. The zero-order valence-corrected chi connectivity index (χ0v) is 12.5. The number of esters is 1. The van der Waals surface area contributed by atoms with Crippen molar-refractivity contribution < 1.29 is 9.53 Å². The van der Waals surface area contributed by atoms with Gasteiger partial charge in [0.25, 0.3) is 0 Å². The summed E-state index contributed by atoms with van der Waals surface area (Å²) in [5, 5.41) is 0. The van der Waals surface area contributed by atoms with Crippen LogP contribution in [0.4, 0.5) is 0 Å². The van der Waals surface area contributed by atoms with Crippen molar-refractivity contribution in [3.8, 4) is 11.4 Å². The maximum absolute atomic E-state index is 11.5. The molecule has 1 aromatic heterocycles. The molecule has 2 aromatic rings. The van der Waals surface area contributed by atoms with Crippen LogP contribution in [-0.2, 0) is 11.2 Å². The van der Waals surface area contributed by atoms with E-state index in [9.17, 15) is 4.79 Å². The Hall–Kier alpha value is -2.23. The van der Waals surface area contributed by atoms with Crippen LogP contribution in [0.2, 0.25) is 0 Å². The van der Waals surface area contributed by atoms with Gasteiger partial charge in [-0.05, 0) is 25.3 Å². The summed E-state index contributed by atoms with van der Waals surface area (Å²) >= 11 is 0. The number of nitrogens with zero attached hydrogens (tertiary/aromatic N) is 2. The van der Waals surface area contributed by atoms with Gasteiger partial charge in [-0.3, -0.25) is 0 Å². The summed E-state index contributed by atoms with van der Waals surface area (Å²) in [7, 11) is 0. The highest BCUT2D eigenvalue weighted by molar-refractivity contribution is 5.88. The second-order valence-corrected chi connectivity index (χ2v) is 4.82. The van der Waals surface area contributed by atoms with E-state index in [1.54, 1.807) is 6.92 Å². The van der Waals surface area contributed by atoms with Crippen molar-refractivity contribution in [2.75, 3.05) is 6.61 Å². The Labute approximate surface area is 125 Å². The fourth-order valence-electron chi connectivity index (χ4n) is 2.00. The third kappa shape index (κ3) is 4.12. The van der Waals surface area contributed by atoms with Gasteiger partial charge in [0.05, 0.1) is 12.2 Å². The molecule has 0 saturated heterocycles. The van der Waals surface area contributed by atoms with E-state index < -0.39 is 0 Å². The fourth-order valence-corrected chi connectivity index (χ4v) is 2.00. The molecule has 2 rings (SSSR count). The second-order valence-electron chi connectivity index (χ2n) is 4.82. The normalized spacial score (nSPS) is 10.4. The molecule has 1 heterocycles. The first-order valence-electron chi connectivity index (χ1n) is 7.33. The number of carbonyl (C=O) groups is 1. The quantitative estimate of drug-likeness (QED) is 0.760. The van der Waals surface area contributed by atoms with Crippen LogP contribution in [-0.4, -0.2) is 22.5 Å². The van der Waals surface area contributed by atoms with Crippen molar-refractivity contribution in [3.05, 3.63) is 47.8 Å². The van der Waals surface area contributed by atoms with Crippen molar-refractivity contribution in [2.45, 2.75) is 33.1 Å². The standard InChI is InChI=1S/C17H20N2O2/c1-3-5-6-13-7-9-14(10-8-13)16-18-11-15(12-19-16)17(20)21-4-2/h7-12H,3-6H2,1-2H3. The Kier molecular flexibility index (Phi) is 5.43. The average Bonchev–Trinajstić information content (AvgIpc) is 2.54. The van der Waals surface area contributed by atoms with Crippen LogP contribution >= 0.6 is 0 Å². The molecule has 4 heteroatoms. The van der Waals surface area contributed by atoms with Crippen LogP contribution in [0.25, 0.3) is 11.4 Å². The Balaban J connectivity index is 2.09. The van der Waals surface area contributed by atoms with Gasteiger partial charge in [-0.2, -0.15) is 0 Å².